The second-order valence-corrected chi connectivity index (χ2v) is 4.20. The lowest BCUT2D eigenvalue weighted by atomic mass is 10.2. The van der Waals surface area contributed by atoms with Crippen molar-refractivity contribution in [1.82, 2.24) is 4.90 Å². The van der Waals surface area contributed by atoms with Crippen LogP contribution in [0.5, 0.6) is 0 Å². The van der Waals surface area contributed by atoms with Gasteiger partial charge in [0.05, 0.1) is 6.20 Å². The number of aliphatic imine (C=N–C) groups is 1. The standard InChI is InChI=1S/C13H15N3/c1-2-6-12-11(5-1)9-14-10-13(15-12)16-7-3-4-8-16/h1-2,5-6,9-10,15H,3-4,7-8H2. The van der Waals surface area contributed by atoms with Crippen LogP contribution in [0.15, 0.2) is 41.3 Å². The number of nitrogens with zero attached hydrogens (tertiary/aromatic N) is 2. The van der Waals surface area contributed by atoms with Crippen molar-refractivity contribution in [3.8, 4) is 0 Å². The van der Waals surface area contributed by atoms with Crippen molar-refractivity contribution in [3.05, 3.63) is 41.8 Å². The van der Waals surface area contributed by atoms with E-state index in [1.807, 2.05) is 24.5 Å². The van der Waals surface area contributed by atoms with Crippen LogP contribution in [0.2, 0.25) is 0 Å². The lowest BCUT2D eigenvalue weighted by Gasteiger charge is -2.21. The molecule has 1 N–H and O–H groups in total. The Bertz CT molecular complexity index is 442. The largest absolute Gasteiger partial charge is 0.357 e. The van der Waals surface area contributed by atoms with E-state index in [0.717, 1.165) is 30.2 Å². The third kappa shape index (κ3) is 1.69. The molecule has 3 heteroatoms. The molecule has 2 heterocycles. The Kier molecular flexibility index (Phi) is 2.37. The fourth-order valence-electron chi connectivity index (χ4n) is 2.20. The fraction of sp³-hybridized carbons (Fsp3) is 0.308. The molecule has 0 unspecified atom stereocenters. The second kappa shape index (κ2) is 4.00. The van der Waals surface area contributed by atoms with Crippen LogP contribution in [0.4, 0.5) is 5.69 Å². The summed E-state index contributed by atoms with van der Waals surface area (Å²) >= 11 is 0. The average Bonchev–Trinajstić information content (AvgIpc) is 2.75. The molecule has 3 rings (SSSR count). The Labute approximate surface area is 95.5 Å². The molecule has 0 aliphatic carbocycles. The zero-order valence-corrected chi connectivity index (χ0v) is 9.19. The lowest BCUT2D eigenvalue weighted by Crippen LogP contribution is -2.23. The van der Waals surface area contributed by atoms with E-state index in [0.29, 0.717) is 0 Å². The second-order valence-electron chi connectivity index (χ2n) is 4.20. The van der Waals surface area contributed by atoms with Gasteiger partial charge >= 0.3 is 0 Å². The maximum Gasteiger partial charge on any atom is 0.125 e. The van der Waals surface area contributed by atoms with Gasteiger partial charge in [-0.25, -0.2) is 0 Å². The average molecular weight is 213 g/mol. The van der Waals surface area contributed by atoms with Gasteiger partial charge in [-0.2, -0.15) is 0 Å². The molecule has 2 aliphatic rings. The maximum absolute atomic E-state index is 4.35. The van der Waals surface area contributed by atoms with Crippen LogP contribution in [0.1, 0.15) is 18.4 Å². The molecule has 0 atom stereocenters. The zero-order valence-electron chi connectivity index (χ0n) is 9.19. The molecule has 0 amide bonds. The first-order valence-electron chi connectivity index (χ1n) is 5.78. The summed E-state index contributed by atoms with van der Waals surface area (Å²) in [6.45, 7) is 2.27. The van der Waals surface area contributed by atoms with E-state index in [9.17, 15) is 0 Å². The minimum absolute atomic E-state index is 1.12. The van der Waals surface area contributed by atoms with Gasteiger partial charge in [-0.15, -0.1) is 0 Å². The van der Waals surface area contributed by atoms with Crippen molar-refractivity contribution in [1.29, 1.82) is 0 Å². The zero-order chi connectivity index (χ0) is 10.8. The van der Waals surface area contributed by atoms with Crippen molar-refractivity contribution in [2.24, 2.45) is 4.99 Å². The molecule has 1 aromatic rings. The minimum atomic E-state index is 1.12. The van der Waals surface area contributed by atoms with Crippen LogP contribution in [0, 0.1) is 0 Å². The molecule has 82 valence electrons. The van der Waals surface area contributed by atoms with E-state index in [-0.39, 0.29) is 0 Å². The molecule has 0 aromatic heterocycles. The van der Waals surface area contributed by atoms with Gasteiger partial charge in [-0.05, 0) is 18.9 Å². The van der Waals surface area contributed by atoms with Crippen molar-refractivity contribution in [3.63, 3.8) is 0 Å². The van der Waals surface area contributed by atoms with Gasteiger partial charge in [0, 0.05) is 30.6 Å². The predicted molar refractivity (Wildman–Crippen MR) is 66.5 cm³/mol. The van der Waals surface area contributed by atoms with Gasteiger partial charge in [-0.1, -0.05) is 18.2 Å². The summed E-state index contributed by atoms with van der Waals surface area (Å²) in [5, 5.41) is 3.46. The quantitative estimate of drug-likeness (QED) is 0.775. The molecule has 0 spiro atoms. The highest BCUT2D eigenvalue weighted by Gasteiger charge is 2.16. The van der Waals surface area contributed by atoms with Crippen molar-refractivity contribution in [2.45, 2.75) is 12.8 Å². The van der Waals surface area contributed by atoms with Crippen molar-refractivity contribution >= 4 is 11.9 Å². The summed E-state index contributed by atoms with van der Waals surface area (Å²) in [5.41, 5.74) is 2.29. The lowest BCUT2D eigenvalue weighted by molar-refractivity contribution is 0.430. The Morgan fingerprint density at radius 1 is 1.12 bits per heavy atom. The molecule has 2 aliphatic heterocycles. The Balaban J connectivity index is 1.89. The van der Waals surface area contributed by atoms with Crippen LogP contribution >= 0.6 is 0 Å². The Hall–Kier alpha value is -1.77. The summed E-state index contributed by atoms with van der Waals surface area (Å²) in [6, 6.07) is 8.25. The molecule has 1 fully saturated rings. The summed E-state index contributed by atoms with van der Waals surface area (Å²) in [5.74, 6) is 1.12. The topological polar surface area (TPSA) is 27.6 Å². The van der Waals surface area contributed by atoms with Gasteiger partial charge < -0.3 is 10.2 Å². The highest BCUT2D eigenvalue weighted by Crippen LogP contribution is 2.22. The van der Waals surface area contributed by atoms with Gasteiger partial charge in [0.25, 0.3) is 0 Å². The van der Waals surface area contributed by atoms with E-state index in [2.05, 4.69) is 27.3 Å². The van der Waals surface area contributed by atoms with Crippen LogP contribution < -0.4 is 5.32 Å². The smallest absolute Gasteiger partial charge is 0.125 e. The van der Waals surface area contributed by atoms with E-state index in [1.54, 1.807) is 0 Å². The Morgan fingerprint density at radius 2 is 1.94 bits per heavy atom. The number of hydrogen-bond donors (Lipinski definition) is 1. The third-order valence-electron chi connectivity index (χ3n) is 3.08. The normalized spacial score (nSPS) is 18.8. The summed E-state index contributed by atoms with van der Waals surface area (Å²) < 4.78 is 0. The monoisotopic (exact) mass is 213 g/mol. The molecule has 0 bridgehead atoms. The van der Waals surface area contributed by atoms with Gasteiger partial charge in [0.2, 0.25) is 0 Å². The Morgan fingerprint density at radius 3 is 2.81 bits per heavy atom. The minimum Gasteiger partial charge on any atom is -0.357 e. The number of nitrogens with one attached hydrogen (secondary N) is 1. The fourth-order valence-corrected chi connectivity index (χ4v) is 2.20. The number of rotatable bonds is 1. The third-order valence-corrected chi connectivity index (χ3v) is 3.08. The van der Waals surface area contributed by atoms with Crippen LogP contribution in [-0.4, -0.2) is 24.2 Å². The molecule has 16 heavy (non-hydrogen) atoms. The van der Waals surface area contributed by atoms with E-state index < -0.39 is 0 Å². The van der Waals surface area contributed by atoms with Crippen molar-refractivity contribution in [2.75, 3.05) is 18.4 Å². The van der Waals surface area contributed by atoms with Gasteiger partial charge in [-0.3, -0.25) is 4.99 Å². The predicted octanol–water partition coefficient (Wildman–Crippen LogP) is 2.43. The van der Waals surface area contributed by atoms with Crippen LogP contribution in [0.3, 0.4) is 0 Å². The number of benzene rings is 1. The van der Waals surface area contributed by atoms with Gasteiger partial charge in [0.15, 0.2) is 0 Å². The highest BCUT2D eigenvalue weighted by molar-refractivity contribution is 5.89. The number of hydrogen-bond acceptors (Lipinski definition) is 3. The molecule has 0 radical (unpaired) electrons. The molecule has 1 aromatic carbocycles. The van der Waals surface area contributed by atoms with Crippen LogP contribution in [-0.2, 0) is 0 Å². The first-order chi connectivity index (χ1) is 7.93. The summed E-state index contributed by atoms with van der Waals surface area (Å²) in [7, 11) is 0. The number of anilines is 1. The summed E-state index contributed by atoms with van der Waals surface area (Å²) in [4.78, 5) is 6.71. The van der Waals surface area contributed by atoms with E-state index >= 15 is 0 Å². The van der Waals surface area contributed by atoms with Crippen molar-refractivity contribution < 1.29 is 0 Å². The molecule has 3 nitrogen and oxygen atoms in total. The first-order valence-corrected chi connectivity index (χ1v) is 5.78. The first kappa shape index (κ1) is 9.46. The van der Waals surface area contributed by atoms with Gasteiger partial charge in [0.1, 0.15) is 5.82 Å². The highest BCUT2D eigenvalue weighted by atomic mass is 15.3. The number of fused-ring (bicyclic) bond motifs is 1. The molecular formula is C13H15N3. The molecule has 1 saturated heterocycles. The SMILES string of the molecule is C1=NC=C(N2CCCC2)Nc2ccccc21. The summed E-state index contributed by atoms with van der Waals surface area (Å²) in [6.07, 6.45) is 6.39. The number of likely N-dealkylation sites (tertiary alicyclic amines) is 1. The van der Waals surface area contributed by atoms with Crippen LogP contribution in [0.25, 0.3) is 0 Å². The number of para-hydroxylation sites is 1. The van der Waals surface area contributed by atoms with E-state index in [4.69, 9.17) is 0 Å². The molecular weight excluding hydrogens is 198 g/mol. The molecule has 0 saturated carbocycles. The van der Waals surface area contributed by atoms with E-state index in [1.165, 1.54) is 12.8 Å². The maximum atomic E-state index is 4.35.